The number of benzene rings is 1. The molecule has 1 radical (unpaired) electrons. The van der Waals surface area contributed by atoms with Crippen LogP contribution in [0.5, 0.6) is 0 Å². The molecule has 1 aromatic carbocycles. The lowest BCUT2D eigenvalue weighted by Crippen LogP contribution is -2.44. The van der Waals surface area contributed by atoms with E-state index in [1.165, 1.54) is 25.1 Å². The number of anilines is 1. The molecule has 1 amide bonds. The molecule has 0 spiro atoms. The molecule has 6 heteroatoms. The van der Waals surface area contributed by atoms with Crippen molar-refractivity contribution in [3.63, 3.8) is 0 Å². The molecule has 0 atom stereocenters. The van der Waals surface area contributed by atoms with Crippen LogP contribution in [-0.4, -0.2) is 20.1 Å². The minimum absolute atomic E-state index is 0.155. The van der Waals surface area contributed by atoms with E-state index in [0.29, 0.717) is 5.02 Å². The Hall–Kier alpha value is -1.07. The SMILES string of the molecule is CCS(=O)(=O)N(C(=O)C(C)(C)C)c1c[c]c(Cl)cc1. The lowest BCUT2D eigenvalue weighted by Gasteiger charge is -2.28. The van der Waals surface area contributed by atoms with Gasteiger partial charge >= 0.3 is 0 Å². The molecule has 0 aliphatic heterocycles. The van der Waals surface area contributed by atoms with E-state index >= 15 is 0 Å². The maximum atomic E-state index is 12.4. The fourth-order valence-electron chi connectivity index (χ4n) is 1.36. The van der Waals surface area contributed by atoms with E-state index < -0.39 is 21.3 Å². The normalized spacial score (nSPS) is 12.3. The summed E-state index contributed by atoms with van der Waals surface area (Å²) in [6.07, 6.45) is 0. The Labute approximate surface area is 119 Å². The Morgan fingerprint density at radius 3 is 2.32 bits per heavy atom. The van der Waals surface area contributed by atoms with Gasteiger partial charge in [-0.25, -0.2) is 12.7 Å². The number of amides is 1. The molecule has 0 aliphatic rings. The third kappa shape index (κ3) is 3.70. The van der Waals surface area contributed by atoms with Gasteiger partial charge in [0, 0.05) is 16.5 Å². The van der Waals surface area contributed by atoms with E-state index in [2.05, 4.69) is 6.07 Å². The molecule has 0 unspecified atom stereocenters. The van der Waals surface area contributed by atoms with Crippen LogP contribution in [0.2, 0.25) is 5.02 Å². The molecule has 0 bridgehead atoms. The van der Waals surface area contributed by atoms with Crippen LogP contribution in [-0.2, 0) is 14.8 Å². The van der Waals surface area contributed by atoms with Crippen molar-refractivity contribution in [1.82, 2.24) is 0 Å². The predicted octanol–water partition coefficient (Wildman–Crippen LogP) is 2.87. The van der Waals surface area contributed by atoms with Crippen LogP contribution in [0.3, 0.4) is 0 Å². The standard InChI is InChI=1S/C13H17ClNO3S/c1-5-19(17,18)15(12(16)13(2,3)4)11-8-6-10(14)7-9-11/h6,8-9H,5H2,1-4H3. The molecule has 0 aliphatic carbocycles. The summed E-state index contributed by atoms with van der Waals surface area (Å²) >= 11 is 5.73. The number of hydrogen-bond donors (Lipinski definition) is 0. The first-order valence-corrected chi connectivity index (χ1v) is 7.83. The molecule has 1 aromatic rings. The lowest BCUT2D eigenvalue weighted by atomic mass is 9.95. The van der Waals surface area contributed by atoms with E-state index in [0.717, 1.165) is 4.31 Å². The Balaban J connectivity index is 3.37. The number of nitrogens with zero attached hydrogens (tertiary/aromatic N) is 1. The fraction of sp³-hybridized carbons (Fsp3) is 0.462. The highest BCUT2D eigenvalue weighted by atomic mass is 35.5. The molecule has 0 saturated heterocycles. The van der Waals surface area contributed by atoms with Crippen LogP contribution < -0.4 is 4.31 Å². The monoisotopic (exact) mass is 302 g/mol. The second-order valence-corrected chi connectivity index (χ2v) is 7.63. The molecule has 105 valence electrons. The second kappa shape index (κ2) is 5.51. The molecular weight excluding hydrogens is 286 g/mol. The van der Waals surface area contributed by atoms with Gasteiger partial charge < -0.3 is 0 Å². The zero-order valence-corrected chi connectivity index (χ0v) is 13.0. The van der Waals surface area contributed by atoms with Crippen molar-refractivity contribution >= 4 is 33.2 Å². The first-order chi connectivity index (χ1) is 8.59. The van der Waals surface area contributed by atoms with Crippen LogP contribution in [0.25, 0.3) is 0 Å². The van der Waals surface area contributed by atoms with Crippen molar-refractivity contribution in [2.45, 2.75) is 27.7 Å². The summed E-state index contributed by atoms with van der Waals surface area (Å²) < 4.78 is 25.1. The highest BCUT2D eigenvalue weighted by molar-refractivity contribution is 7.93. The molecule has 1 rings (SSSR count). The summed E-state index contributed by atoms with van der Waals surface area (Å²) in [6.45, 7) is 6.52. The maximum absolute atomic E-state index is 12.4. The summed E-state index contributed by atoms with van der Waals surface area (Å²) in [4.78, 5) is 12.4. The van der Waals surface area contributed by atoms with E-state index in [-0.39, 0.29) is 11.4 Å². The highest BCUT2D eigenvalue weighted by Gasteiger charge is 2.35. The van der Waals surface area contributed by atoms with Crippen LogP contribution in [0.15, 0.2) is 18.2 Å². The van der Waals surface area contributed by atoms with Crippen LogP contribution in [0, 0.1) is 11.5 Å². The number of sulfonamides is 1. The Bertz CT molecular complexity index is 559. The van der Waals surface area contributed by atoms with Gasteiger partial charge in [0.1, 0.15) is 0 Å². The number of rotatable bonds is 3. The second-order valence-electron chi connectivity index (χ2n) is 5.11. The number of halogens is 1. The lowest BCUT2D eigenvalue weighted by molar-refractivity contribution is -0.124. The average Bonchev–Trinajstić information content (AvgIpc) is 2.30. The van der Waals surface area contributed by atoms with E-state index in [1.807, 2.05) is 0 Å². The van der Waals surface area contributed by atoms with Gasteiger partial charge in [-0.2, -0.15) is 0 Å². The summed E-state index contributed by atoms with van der Waals surface area (Å²) in [5.41, 5.74) is -0.548. The van der Waals surface area contributed by atoms with Crippen LogP contribution in [0.1, 0.15) is 27.7 Å². The largest absolute Gasteiger partial charge is 0.273 e. The van der Waals surface area contributed by atoms with Crippen molar-refractivity contribution < 1.29 is 13.2 Å². The minimum atomic E-state index is -3.69. The zero-order chi connectivity index (χ0) is 14.8. The van der Waals surface area contributed by atoms with E-state index in [9.17, 15) is 13.2 Å². The van der Waals surface area contributed by atoms with Gasteiger partial charge in [0.15, 0.2) is 0 Å². The Kier molecular flexibility index (Phi) is 4.63. The Morgan fingerprint density at radius 1 is 1.37 bits per heavy atom. The van der Waals surface area contributed by atoms with Crippen molar-refractivity contribution in [3.8, 4) is 0 Å². The molecular formula is C13H17ClNO3S. The van der Waals surface area contributed by atoms with Gasteiger partial charge in [-0.3, -0.25) is 4.79 Å². The van der Waals surface area contributed by atoms with Crippen molar-refractivity contribution in [3.05, 3.63) is 29.3 Å². The number of hydrogen-bond acceptors (Lipinski definition) is 3. The predicted molar refractivity (Wildman–Crippen MR) is 76.7 cm³/mol. The van der Waals surface area contributed by atoms with Gasteiger partial charge in [0.25, 0.3) is 0 Å². The zero-order valence-electron chi connectivity index (χ0n) is 11.4. The molecule has 0 heterocycles. The van der Waals surface area contributed by atoms with Gasteiger partial charge in [-0.05, 0) is 25.1 Å². The topological polar surface area (TPSA) is 54.5 Å². The average molecular weight is 303 g/mol. The van der Waals surface area contributed by atoms with Gasteiger partial charge in [0.2, 0.25) is 15.9 Å². The number of carbonyl (C=O) groups is 1. The highest BCUT2D eigenvalue weighted by Crippen LogP contribution is 2.27. The molecule has 19 heavy (non-hydrogen) atoms. The van der Waals surface area contributed by atoms with Gasteiger partial charge in [0.05, 0.1) is 11.4 Å². The minimum Gasteiger partial charge on any atom is -0.273 e. The van der Waals surface area contributed by atoms with Crippen LogP contribution >= 0.6 is 11.6 Å². The molecule has 0 saturated carbocycles. The van der Waals surface area contributed by atoms with E-state index in [1.54, 1.807) is 20.8 Å². The summed E-state index contributed by atoms with van der Waals surface area (Å²) in [6, 6.07) is 7.09. The molecule has 4 nitrogen and oxygen atoms in total. The van der Waals surface area contributed by atoms with Gasteiger partial charge in [-0.1, -0.05) is 32.4 Å². The van der Waals surface area contributed by atoms with E-state index in [4.69, 9.17) is 11.6 Å². The summed E-state index contributed by atoms with van der Waals surface area (Å²) in [5, 5.41) is 0.362. The maximum Gasteiger partial charge on any atom is 0.246 e. The Morgan fingerprint density at radius 2 is 1.95 bits per heavy atom. The summed E-state index contributed by atoms with van der Waals surface area (Å²) in [7, 11) is -3.69. The first kappa shape index (κ1) is 16.0. The van der Waals surface area contributed by atoms with Crippen molar-refractivity contribution in [2.24, 2.45) is 5.41 Å². The van der Waals surface area contributed by atoms with Gasteiger partial charge in [-0.15, -0.1) is 0 Å². The number of carbonyl (C=O) groups excluding carboxylic acids is 1. The van der Waals surface area contributed by atoms with Crippen molar-refractivity contribution in [1.29, 1.82) is 0 Å². The summed E-state index contributed by atoms with van der Waals surface area (Å²) in [5.74, 6) is -0.637. The van der Waals surface area contributed by atoms with Crippen molar-refractivity contribution in [2.75, 3.05) is 10.1 Å². The van der Waals surface area contributed by atoms with Crippen LogP contribution in [0.4, 0.5) is 5.69 Å². The fourth-order valence-corrected chi connectivity index (χ4v) is 2.70. The third-order valence-corrected chi connectivity index (χ3v) is 4.36. The first-order valence-electron chi connectivity index (χ1n) is 5.84. The molecule has 0 N–H and O–H groups in total. The quantitative estimate of drug-likeness (QED) is 0.862. The third-order valence-electron chi connectivity index (χ3n) is 2.46. The smallest absolute Gasteiger partial charge is 0.246 e. The molecule has 0 fully saturated rings. The molecule has 0 aromatic heterocycles.